The molecule has 206 valence electrons. The summed E-state index contributed by atoms with van der Waals surface area (Å²) in [6.45, 7) is 0. The maximum Gasteiger partial charge on any atom is 0.226 e. The van der Waals surface area contributed by atoms with Gasteiger partial charge in [0.15, 0.2) is 0 Å². The van der Waals surface area contributed by atoms with Crippen molar-refractivity contribution in [3.8, 4) is 0 Å². The van der Waals surface area contributed by atoms with Crippen LogP contribution in [0.5, 0.6) is 0 Å². The Kier molecular flexibility index (Phi) is 13.0. The summed E-state index contributed by atoms with van der Waals surface area (Å²) >= 11 is 0. The lowest BCUT2D eigenvalue weighted by Gasteiger charge is -2.11. The SMILES string of the molecule is CN(C)C(=O)Cc1ccc(NC(=O)CCCCCCCCC(=O)Nc2ccc(CC(=O)N(C)C)cc2)cc1. The number of hydrogen-bond acceptors (Lipinski definition) is 4. The Bertz CT molecular complexity index is 961. The molecule has 0 aromatic heterocycles. The molecule has 2 aromatic rings. The van der Waals surface area contributed by atoms with E-state index >= 15 is 0 Å². The predicted molar refractivity (Wildman–Crippen MR) is 152 cm³/mol. The summed E-state index contributed by atoms with van der Waals surface area (Å²) in [6, 6.07) is 14.8. The number of nitrogens with zero attached hydrogens (tertiary/aromatic N) is 2. The molecule has 38 heavy (non-hydrogen) atoms. The molecule has 2 aromatic carbocycles. The number of benzene rings is 2. The highest BCUT2D eigenvalue weighted by Crippen LogP contribution is 2.14. The summed E-state index contributed by atoms with van der Waals surface area (Å²) in [5, 5.41) is 5.82. The molecule has 0 fully saturated rings. The van der Waals surface area contributed by atoms with Gasteiger partial charge in [-0.2, -0.15) is 0 Å². The maximum absolute atomic E-state index is 12.2. The van der Waals surface area contributed by atoms with Crippen molar-refractivity contribution in [2.75, 3.05) is 38.8 Å². The number of unbranched alkanes of at least 4 members (excludes halogenated alkanes) is 5. The topological polar surface area (TPSA) is 98.8 Å². The first-order valence-corrected chi connectivity index (χ1v) is 13.3. The number of hydrogen-bond donors (Lipinski definition) is 2. The quantitative estimate of drug-likeness (QED) is 0.333. The fourth-order valence-electron chi connectivity index (χ4n) is 3.80. The van der Waals surface area contributed by atoms with Crippen molar-refractivity contribution in [1.29, 1.82) is 0 Å². The number of amides is 4. The lowest BCUT2D eigenvalue weighted by Crippen LogP contribution is -2.23. The largest absolute Gasteiger partial charge is 0.349 e. The summed E-state index contributed by atoms with van der Waals surface area (Å²) in [5.41, 5.74) is 3.32. The first-order chi connectivity index (χ1) is 18.1. The van der Waals surface area contributed by atoms with E-state index in [9.17, 15) is 19.2 Å². The lowest BCUT2D eigenvalue weighted by molar-refractivity contribution is -0.128. The van der Waals surface area contributed by atoms with Gasteiger partial charge in [-0.05, 0) is 48.2 Å². The minimum Gasteiger partial charge on any atom is -0.349 e. The highest BCUT2D eigenvalue weighted by Gasteiger charge is 2.08. The number of rotatable bonds is 15. The van der Waals surface area contributed by atoms with Crippen LogP contribution in [0.2, 0.25) is 0 Å². The van der Waals surface area contributed by atoms with Crippen molar-refractivity contribution in [3.05, 3.63) is 59.7 Å². The van der Waals surface area contributed by atoms with Gasteiger partial charge in [-0.25, -0.2) is 0 Å². The zero-order valence-corrected chi connectivity index (χ0v) is 23.2. The zero-order valence-electron chi connectivity index (χ0n) is 23.2. The molecule has 4 amide bonds. The van der Waals surface area contributed by atoms with E-state index < -0.39 is 0 Å². The van der Waals surface area contributed by atoms with Crippen LogP contribution in [0.15, 0.2) is 48.5 Å². The van der Waals surface area contributed by atoms with Gasteiger partial charge in [0.25, 0.3) is 0 Å². The van der Waals surface area contributed by atoms with Crippen LogP contribution in [0.1, 0.15) is 62.5 Å². The summed E-state index contributed by atoms with van der Waals surface area (Å²) in [6.07, 6.45) is 7.35. The smallest absolute Gasteiger partial charge is 0.226 e. The number of likely N-dealkylation sites (N-methyl/N-ethyl adjacent to an activating group) is 2. The molecule has 0 heterocycles. The van der Waals surface area contributed by atoms with Crippen molar-refractivity contribution in [1.82, 2.24) is 9.80 Å². The second-order valence-electron chi connectivity index (χ2n) is 10.0. The van der Waals surface area contributed by atoms with Crippen LogP contribution >= 0.6 is 0 Å². The summed E-state index contributed by atoms with van der Waals surface area (Å²) in [7, 11) is 6.93. The van der Waals surface area contributed by atoms with E-state index in [1.807, 2.05) is 48.5 Å². The Morgan fingerprint density at radius 3 is 1.16 bits per heavy atom. The molecule has 0 aliphatic heterocycles. The van der Waals surface area contributed by atoms with Gasteiger partial charge in [-0.3, -0.25) is 19.2 Å². The highest BCUT2D eigenvalue weighted by molar-refractivity contribution is 5.91. The molecule has 0 radical (unpaired) electrons. The van der Waals surface area contributed by atoms with Crippen LogP contribution < -0.4 is 10.6 Å². The molecule has 0 saturated carbocycles. The van der Waals surface area contributed by atoms with Crippen molar-refractivity contribution in [2.24, 2.45) is 0 Å². The summed E-state index contributed by atoms with van der Waals surface area (Å²) in [5.74, 6) is 0.0807. The number of nitrogens with one attached hydrogen (secondary N) is 2. The van der Waals surface area contributed by atoms with E-state index in [0.717, 1.165) is 61.0 Å². The Morgan fingerprint density at radius 2 is 0.842 bits per heavy atom. The molecule has 0 spiro atoms. The molecule has 0 atom stereocenters. The Labute approximate surface area is 226 Å². The van der Waals surface area contributed by atoms with Gasteiger partial charge in [0.05, 0.1) is 12.8 Å². The number of carbonyl (C=O) groups excluding carboxylic acids is 4. The average molecular weight is 523 g/mol. The average Bonchev–Trinajstić information content (AvgIpc) is 2.87. The molecule has 8 nitrogen and oxygen atoms in total. The monoisotopic (exact) mass is 522 g/mol. The van der Waals surface area contributed by atoms with Gasteiger partial charge >= 0.3 is 0 Å². The van der Waals surface area contributed by atoms with Crippen LogP contribution in [0.25, 0.3) is 0 Å². The fraction of sp³-hybridized carbons (Fsp3) is 0.467. The van der Waals surface area contributed by atoms with Gasteiger partial charge in [-0.15, -0.1) is 0 Å². The third-order valence-corrected chi connectivity index (χ3v) is 6.24. The van der Waals surface area contributed by atoms with Crippen LogP contribution in [0.4, 0.5) is 11.4 Å². The maximum atomic E-state index is 12.2. The first-order valence-electron chi connectivity index (χ1n) is 13.3. The van der Waals surface area contributed by atoms with E-state index in [-0.39, 0.29) is 23.6 Å². The highest BCUT2D eigenvalue weighted by atomic mass is 16.2. The third-order valence-electron chi connectivity index (χ3n) is 6.24. The molecular formula is C30H42N4O4. The first kappa shape index (κ1) is 30.5. The standard InChI is InChI=1S/C30H42N4O4/c1-33(2)29(37)21-23-13-17-25(18-14-23)31-27(35)11-9-7-5-6-8-10-12-28(36)32-26-19-15-24(16-20-26)22-30(38)34(3)4/h13-20H,5-12,21-22H2,1-4H3,(H,31,35)(H,32,36). The number of anilines is 2. The second kappa shape index (κ2) is 16.2. The summed E-state index contributed by atoms with van der Waals surface area (Å²) < 4.78 is 0. The molecule has 0 saturated heterocycles. The van der Waals surface area contributed by atoms with Gasteiger partial charge in [-0.1, -0.05) is 49.9 Å². The number of carbonyl (C=O) groups is 4. The van der Waals surface area contributed by atoms with Gasteiger partial charge in [0, 0.05) is 52.4 Å². The normalized spacial score (nSPS) is 10.5. The van der Waals surface area contributed by atoms with Crippen LogP contribution in [0.3, 0.4) is 0 Å². The van der Waals surface area contributed by atoms with Gasteiger partial charge in [0.1, 0.15) is 0 Å². The minimum absolute atomic E-state index is 0.00359. The van der Waals surface area contributed by atoms with Crippen LogP contribution in [0, 0.1) is 0 Å². The van der Waals surface area contributed by atoms with E-state index in [1.165, 1.54) is 0 Å². The Balaban J connectivity index is 1.51. The molecule has 0 unspecified atom stereocenters. The predicted octanol–water partition coefficient (Wildman–Crippen LogP) is 4.65. The summed E-state index contributed by atoms with van der Waals surface area (Å²) in [4.78, 5) is 51.1. The molecule has 2 N–H and O–H groups in total. The van der Waals surface area contributed by atoms with Gasteiger partial charge < -0.3 is 20.4 Å². The molecule has 8 heteroatoms. The van der Waals surface area contributed by atoms with Crippen LogP contribution in [-0.2, 0) is 32.0 Å². The Morgan fingerprint density at radius 1 is 0.526 bits per heavy atom. The van der Waals surface area contributed by atoms with Crippen molar-refractivity contribution >= 4 is 35.0 Å². The molecule has 0 aliphatic carbocycles. The second-order valence-corrected chi connectivity index (χ2v) is 10.0. The van der Waals surface area contributed by atoms with E-state index in [4.69, 9.17) is 0 Å². The van der Waals surface area contributed by atoms with Crippen LogP contribution in [-0.4, -0.2) is 61.6 Å². The molecule has 2 rings (SSSR count). The third kappa shape index (κ3) is 12.0. The van der Waals surface area contributed by atoms with Crippen molar-refractivity contribution in [3.63, 3.8) is 0 Å². The lowest BCUT2D eigenvalue weighted by atomic mass is 10.1. The molecular weight excluding hydrogens is 480 g/mol. The minimum atomic E-state index is -0.00359. The zero-order chi connectivity index (χ0) is 27.9. The fourth-order valence-corrected chi connectivity index (χ4v) is 3.80. The van der Waals surface area contributed by atoms with E-state index in [1.54, 1.807) is 38.0 Å². The molecule has 0 aliphatic rings. The Hall–Kier alpha value is -3.68. The van der Waals surface area contributed by atoms with Crippen molar-refractivity contribution < 1.29 is 19.2 Å². The van der Waals surface area contributed by atoms with E-state index in [0.29, 0.717) is 25.7 Å². The van der Waals surface area contributed by atoms with Crippen molar-refractivity contribution in [2.45, 2.75) is 64.2 Å². The van der Waals surface area contributed by atoms with Gasteiger partial charge in [0.2, 0.25) is 23.6 Å². The van der Waals surface area contributed by atoms with E-state index in [2.05, 4.69) is 10.6 Å². The molecule has 0 bridgehead atoms.